The van der Waals surface area contributed by atoms with Gasteiger partial charge in [-0.3, -0.25) is 4.79 Å². The van der Waals surface area contributed by atoms with Gasteiger partial charge in [0, 0.05) is 24.1 Å². The summed E-state index contributed by atoms with van der Waals surface area (Å²) >= 11 is 1.58. The first kappa shape index (κ1) is 23.0. The van der Waals surface area contributed by atoms with Crippen LogP contribution < -0.4 is 19.5 Å². The van der Waals surface area contributed by atoms with E-state index in [9.17, 15) is 4.79 Å². The normalized spacial score (nSPS) is 20.8. The van der Waals surface area contributed by atoms with Gasteiger partial charge in [-0.25, -0.2) is 4.68 Å². The molecule has 0 bridgehead atoms. The summed E-state index contributed by atoms with van der Waals surface area (Å²) in [5.41, 5.74) is 3.72. The number of ketones is 1. The fourth-order valence-corrected chi connectivity index (χ4v) is 5.71. The summed E-state index contributed by atoms with van der Waals surface area (Å²) in [6, 6.07) is 13.5. The number of thioether (sulfide) groups is 1. The Morgan fingerprint density at radius 1 is 1.08 bits per heavy atom. The van der Waals surface area contributed by atoms with Crippen molar-refractivity contribution in [2.75, 3.05) is 31.4 Å². The van der Waals surface area contributed by atoms with Crippen molar-refractivity contribution in [3.05, 3.63) is 64.9 Å². The molecule has 2 atom stereocenters. The zero-order valence-corrected chi connectivity index (χ0v) is 21.1. The summed E-state index contributed by atoms with van der Waals surface area (Å²) in [6.07, 6.45) is 1.99. The van der Waals surface area contributed by atoms with Crippen LogP contribution in [0.2, 0.25) is 0 Å². The van der Waals surface area contributed by atoms with Crippen LogP contribution >= 0.6 is 11.8 Å². The summed E-state index contributed by atoms with van der Waals surface area (Å²) in [6.45, 7) is 3.31. The quantitative estimate of drug-likeness (QED) is 0.487. The van der Waals surface area contributed by atoms with E-state index in [1.807, 2.05) is 47.1 Å². The fourth-order valence-electron chi connectivity index (χ4n) is 5.15. The molecule has 0 saturated carbocycles. The van der Waals surface area contributed by atoms with Crippen LogP contribution in [0.1, 0.15) is 49.3 Å². The lowest BCUT2D eigenvalue weighted by Gasteiger charge is -2.35. The predicted molar refractivity (Wildman–Crippen MR) is 137 cm³/mol. The Morgan fingerprint density at radius 2 is 1.86 bits per heavy atom. The zero-order chi connectivity index (χ0) is 24.6. The molecule has 3 heterocycles. The van der Waals surface area contributed by atoms with Gasteiger partial charge >= 0.3 is 0 Å². The number of rotatable bonds is 5. The number of nitrogens with one attached hydrogen (secondary N) is 1. The third-order valence-corrected chi connectivity index (χ3v) is 7.57. The minimum absolute atomic E-state index is 0.0815. The average Bonchev–Trinajstić information content (AvgIpc) is 3.14. The molecule has 0 amide bonds. The van der Waals surface area contributed by atoms with Crippen LogP contribution in [0.5, 0.6) is 17.2 Å². The maximum absolute atomic E-state index is 13.8. The lowest BCUT2D eigenvalue weighted by Crippen LogP contribution is -2.33. The van der Waals surface area contributed by atoms with Gasteiger partial charge in [-0.2, -0.15) is 4.98 Å². The number of hydrogen-bond donors (Lipinski definition) is 1. The Labute approximate surface area is 214 Å². The second-order valence-corrected chi connectivity index (χ2v) is 10.3. The van der Waals surface area contributed by atoms with E-state index in [2.05, 4.69) is 12.2 Å². The van der Waals surface area contributed by atoms with E-state index < -0.39 is 0 Å². The lowest BCUT2D eigenvalue weighted by molar-refractivity contribution is -0.116. The van der Waals surface area contributed by atoms with E-state index in [0.29, 0.717) is 36.5 Å². The van der Waals surface area contributed by atoms with Crippen LogP contribution in [0, 0.1) is 0 Å². The number of fused-ring (bicyclic) bond motifs is 2. The summed E-state index contributed by atoms with van der Waals surface area (Å²) in [5, 5.41) is 8.93. The standard InChI is InChI=1S/C27H28N4O4S/c1-3-36-27-29-26-28-20-13-18(16-5-8-19(33-2)9-6-16)14-21(32)24(20)25(31(26)30-27)17-7-10-22-23(15-17)35-12-4-11-34-22/h5-10,15,18,25H,3-4,11-14H2,1-2H3,(H,28,29,30). The minimum atomic E-state index is -0.378. The molecule has 0 saturated heterocycles. The number of anilines is 1. The Bertz CT molecular complexity index is 1330. The zero-order valence-electron chi connectivity index (χ0n) is 20.3. The van der Waals surface area contributed by atoms with Crippen LogP contribution in [0.3, 0.4) is 0 Å². The number of allylic oxidation sites excluding steroid dienone is 2. The molecule has 0 fully saturated rings. The smallest absolute Gasteiger partial charge is 0.227 e. The molecule has 8 nitrogen and oxygen atoms in total. The first-order chi connectivity index (χ1) is 17.6. The fraction of sp³-hybridized carbons (Fsp3) is 0.370. The van der Waals surface area contributed by atoms with Crippen LogP contribution in [0.25, 0.3) is 0 Å². The van der Waals surface area contributed by atoms with Crippen molar-refractivity contribution in [2.45, 2.75) is 43.3 Å². The topological polar surface area (TPSA) is 87.5 Å². The Morgan fingerprint density at radius 3 is 2.64 bits per heavy atom. The van der Waals surface area contributed by atoms with Crippen molar-refractivity contribution >= 4 is 23.5 Å². The summed E-state index contributed by atoms with van der Waals surface area (Å²) < 4.78 is 19.0. The van der Waals surface area contributed by atoms with Crippen LogP contribution in [0.4, 0.5) is 5.95 Å². The first-order valence-corrected chi connectivity index (χ1v) is 13.3. The molecular formula is C27H28N4O4S. The third-order valence-electron chi connectivity index (χ3n) is 6.85. The van der Waals surface area contributed by atoms with Crippen molar-refractivity contribution in [2.24, 2.45) is 0 Å². The molecule has 3 aliphatic rings. The number of carbonyl (C=O) groups excluding carboxylic acids is 1. The van der Waals surface area contributed by atoms with Gasteiger partial charge in [0.1, 0.15) is 11.8 Å². The number of hydrogen-bond acceptors (Lipinski definition) is 8. The maximum atomic E-state index is 13.8. The van der Waals surface area contributed by atoms with Gasteiger partial charge in [0.15, 0.2) is 17.3 Å². The Kier molecular flexibility index (Phi) is 6.08. The molecule has 0 spiro atoms. The molecular weight excluding hydrogens is 476 g/mol. The van der Waals surface area contributed by atoms with Crippen LogP contribution in [-0.4, -0.2) is 46.6 Å². The molecule has 0 radical (unpaired) electrons. The SMILES string of the molecule is CCSc1nc2n(n1)C(c1ccc3c(c1)OCCCO3)C1=C(CC(c3ccc(OC)cc3)CC1=O)N2. The van der Waals surface area contributed by atoms with Gasteiger partial charge in [-0.05, 0) is 53.5 Å². The lowest BCUT2D eigenvalue weighted by atomic mass is 9.78. The molecule has 1 aromatic heterocycles. The van der Waals surface area contributed by atoms with Crippen LogP contribution in [-0.2, 0) is 4.79 Å². The molecule has 6 rings (SSSR count). The number of Topliss-reactive ketones (excluding diaryl/α,β-unsaturated/α-hetero) is 1. The van der Waals surface area contributed by atoms with Gasteiger partial charge < -0.3 is 19.5 Å². The molecule has 2 aromatic carbocycles. The van der Waals surface area contributed by atoms with E-state index in [-0.39, 0.29) is 17.7 Å². The molecule has 1 aliphatic carbocycles. The Hall–Kier alpha value is -3.46. The first-order valence-electron chi connectivity index (χ1n) is 12.3. The molecule has 3 aromatic rings. The highest BCUT2D eigenvalue weighted by Crippen LogP contribution is 2.46. The largest absolute Gasteiger partial charge is 0.497 e. The molecule has 186 valence electrons. The van der Waals surface area contributed by atoms with Crippen molar-refractivity contribution in [1.82, 2.24) is 14.8 Å². The molecule has 36 heavy (non-hydrogen) atoms. The molecule has 2 unspecified atom stereocenters. The van der Waals surface area contributed by atoms with E-state index in [1.165, 1.54) is 0 Å². The van der Waals surface area contributed by atoms with E-state index in [1.54, 1.807) is 18.9 Å². The van der Waals surface area contributed by atoms with Gasteiger partial charge in [0.05, 0.1) is 20.3 Å². The van der Waals surface area contributed by atoms with Crippen LogP contribution in [0.15, 0.2) is 58.9 Å². The van der Waals surface area contributed by atoms with Gasteiger partial charge in [-0.1, -0.05) is 36.9 Å². The highest BCUT2D eigenvalue weighted by Gasteiger charge is 2.40. The predicted octanol–water partition coefficient (Wildman–Crippen LogP) is 4.98. The Balaban J connectivity index is 1.42. The number of carbonyl (C=O) groups is 1. The minimum Gasteiger partial charge on any atom is -0.497 e. The van der Waals surface area contributed by atoms with Crippen molar-refractivity contribution < 1.29 is 19.0 Å². The third kappa shape index (κ3) is 4.11. The van der Waals surface area contributed by atoms with Gasteiger partial charge in [0.2, 0.25) is 11.1 Å². The molecule has 2 aliphatic heterocycles. The van der Waals surface area contributed by atoms with Gasteiger partial charge in [-0.15, -0.1) is 5.10 Å². The van der Waals surface area contributed by atoms with Crippen molar-refractivity contribution in [3.63, 3.8) is 0 Å². The average molecular weight is 505 g/mol. The number of methoxy groups -OCH3 is 1. The van der Waals surface area contributed by atoms with Crippen molar-refractivity contribution in [3.8, 4) is 17.2 Å². The van der Waals surface area contributed by atoms with E-state index >= 15 is 0 Å². The molecule has 1 N–H and O–H groups in total. The highest BCUT2D eigenvalue weighted by atomic mass is 32.2. The van der Waals surface area contributed by atoms with E-state index in [0.717, 1.165) is 52.5 Å². The maximum Gasteiger partial charge on any atom is 0.227 e. The monoisotopic (exact) mass is 504 g/mol. The highest BCUT2D eigenvalue weighted by molar-refractivity contribution is 7.99. The van der Waals surface area contributed by atoms with E-state index in [4.69, 9.17) is 24.3 Å². The second-order valence-electron chi connectivity index (χ2n) is 9.07. The van der Waals surface area contributed by atoms with Gasteiger partial charge in [0.25, 0.3) is 0 Å². The molecule has 9 heteroatoms. The second kappa shape index (κ2) is 9.54. The summed E-state index contributed by atoms with van der Waals surface area (Å²) in [7, 11) is 1.66. The summed E-state index contributed by atoms with van der Waals surface area (Å²) in [4.78, 5) is 18.5. The number of nitrogens with zero attached hydrogens (tertiary/aromatic N) is 3. The number of aromatic nitrogens is 3. The number of ether oxygens (including phenoxy) is 3. The van der Waals surface area contributed by atoms with Crippen molar-refractivity contribution in [1.29, 1.82) is 0 Å². The number of benzene rings is 2. The summed E-state index contributed by atoms with van der Waals surface area (Å²) in [5.74, 6) is 3.96.